The van der Waals surface area contributed by atoms with Crippen molar-refractivity contribution in [3.63, 3.8) is 0 Å². The molecule has 7 heteroatoms. The van der Waals surface area contributed by atoms with Gasteiger partial charge >= 0.3 is 5.97 Å². The first kappa shape index (κ1) is 18.4. The quantitative estimate of drug-likeness (QED) is 0.528. The largest absolute Gasteiger partial charge is 0.465 e. The molecular formula is C15H24N2O4S. The van der Waals surface area contributed by atoms with Gasteiger partial charge in [0.2, 0.25) is 10.0 Å². The summed E-state index contributed by atoms with van der Waals surface area (Å²) in [6.45, 7) is 3.80. The number of benzene rings is 1. The Morgan fingerprint density at radius 1 is 1.27 bits per heavy atom. The maximum Gasteiger partial charge on any atom is 0.324 e. The van der Waals surface area contributed by atoms with Crippen molar-refractivity contribution in [3.05, 3.63) is 29.8 Å². The van der Waals surface area contributed by atoms with Crippen LogP contribution in [0.15, 0.2) is 24.3 Å². The molecule has 0 fully saturated rings. The van der Waals surface area contributed by atoms with Gasteiger partial charge in [0.15, 0.2) is 0 Å². The minimum atomic E-state index is -3.51. The van der Waals surface area contributed by atoms with E-state index in [0.29, 0.717) is 12.1 Å². The minimum absolute atomic E-state index is 0.00113. The summed E-state index contributed by atoms with van der Waals surface area (Å²) in [5.41, 5.74) is 7.04. The Labute approximate surface area is 132 Å². The van der Waals surface area contributed by atoms with Gasteiger partial charge in [-0.1, -0.05) is 25.5 Å². The lowest BCUT2D eigenvalue weighted by Crippen LogP contribution is -2.44. The van der Waals surface area contributed by atoms with Crippen molar-refractivity contribution in [1.29, 1.82) is 0 Å². The van der Waals surface area contributed by atoms with Crippen molar-refractivity contribution in [2.24, 2.45) is 0 Å². The summed E-state index contributed by atoms with van der Waals surface area (Å²) in [6, 6.07) is 6.03. The number of nitrogens with two attached hydrogens (primary N) is 1. The first-order chi connectivity index (χ1) is 10.4. The summed E-state index contributed by atoms with van der Waals surface area (Å²) in [4.78, 5) is 12.0. The highest BCUT2D eigenvalue weighted by molar-refractivity contribution is 7.89. The molecule has 0 radical (unpaired) electrons. The summed E-state index contributed by atoms with van der Waals surface area (Å²) in [5, 5.41) is 0. The molecule has 0 aliphatic heterocycles. The van der Waals surface area contributed by atoms with Gasteiger partial charge < -0.3 is 10.5 Å². The zero-order chi connectivity index (χ0) is 16.6. The Kier molecular flexibility index (Phi) is 7.34. The molecule has 0 saturated heterocycles. The summed E-state index contributed by atoms with van der Waals surface area (Å²) in [6.07, 6.45) is 1.54. The number of nitrogen functional groups attached to an aromatic ring is 1. The van der Waals surface area contributed by atoms with Crippen LogP contribution in [0, 0.1) is 0 Å². The standard InChI is InChI=1S/C15H24N2O4S/c1-3-5-10-22(19,20)17-14(15(18)21-4-2)11-12-6-8-13(16)9-7-12/h6-9,14,17H,3-5,10-11,16H2,1-2H3/t14-/m0/s1. The molecule has 1 rings (SSSR count). The first-order valence-electron chi connectivity index (χ1n) is 7.39. The van der Waals surface area contributed by atoms with Crippen LogP contribution >= 0.6 is 0 Å². The van der Waals surface area contributed by atoms with E-state index in [1.807, 2.05) is 6.92 Å². The SMILES string of the molecule is CCCCS(=O)(=O)N[C@@H](Cc1ccc(N)cc1)C(=O)OCC. The number of unbranched alkanes of at least 4 members (excludes halogenated alkanes) is 1. The van der Waals surface area contributed by atoms with E-state index in [1.165, 1.54) is 0 Å². The molecule has 0 amide bonds. The number of sulfonamides is 1. The predicted molar refractivity (Wildman–Crippen MR) is 86.8 cm³/mol. The Bertz CT molecular complexity index is 570. The predicted octanol–water partition coefficient (Wildman–Crippen LogP) is 1.46. The van der Waals surface area contributed by atoms with Crippen molar-refractivity contribution >= 4 is 21.7 Å². The lowest BCUT2D eigenvalue weighted by atomic mass is 10.1. The molecule has 0 heterocycles. The second-order valence-corrected chi connectivity index (χ2v) is 6.91. The monoisotopic (exact) mass is 328 g/mol. The highest BCUT2D eigenvalue weighted by atomic mass is 32.2. The second kappa shape index (κ2) is 8.75. The summed E-state index contributed by atoms with van der Waals surface area (Å²) >= 11 is 0. The molecule has 124 valence electrons. The van der Waals surface area contributed by atoms with E-state index >= 15 is 0 Å². The molecule has 1 aromatic rings. The van der Waals surface area contributed by atoms with E-state index in [0.717, 1.165) is 12.0 Å². The number of nitrogens with one attached hydrogen (secondary N) is 1. The minimum Gasteiger partial charge on any atom is -0.465 e. The van der Waals surface area contributed by atoms with Crippen molar-refractivity contribution in [2.45, 2.75) is 39.2 Å². The van der Waals surface area contributed by atoms with E-state index in [9.17, 15) is 13.2 Å². The van der Waals surface area contributed by atoms with E-state index in [-0.39, 0.29) is 18.8 Å². The molecule has 0 aliphatic rings. The molecule has 22 heavy (non-hydrogen) atoms. The second-order valence-electron chi connectivity index (χ2n) is 5.04. The number of esters is 1. The zero-order valence-electron chi connectivity index (χ0n) is 13.0. The van der Waals surface area contributed by atoms with Gasteiger partial charge in [0.1, 0.15) is 6.04 Å². The zero-order valence-corrected chi connectivity index (χ0v) is 13.9. The summed E-state index contributed by atoms with van der Waals surface area (Å²) in [5.74, 6) is -0.569. The van der Waals surface area contributed by atoms with Crippen LogP contribution in [0.25, 0.3) is 0 Å². The van der Waals surface area contributed by atoms with Crippen molar-refractivity contribution in [2.75, 3.05) is 18.1 Å². The molecule has 3 N–H and O–H groups in total. The van der Waals surface area contributed by atoms with Crippen LogP contribution in [0.5, 0.6) is 0 Å². The molecule has 0 aliphatic carbocycles. The molecule has 0 spiro atoms. The fraction of sp³-hybridized carbons (Fsp3) is 0.533. The first-order valence-corrected chi connectivity index (χ1v) is 9.04. The number of carbonyl (C=O) groups is 1. The van der Waals surface area contributed by atoms with Gasteiger partial charge in [-0.15, -0.1) is 0 Å². The summed E-state index contributed by atoms with van der Waals surface area (Å²) in [7, 11) is -3.51. The van der Waals surface area contributed by atoms with Gasteiger partial charge in [-0.05, 0) is 37.5 Å². The Balaban J connectivity index is 2.84. The number of rotatable bonds is 9. The Hall–Kier alpha value is -1.60. The van der Waals surface area contributed by atoms with Crippen LogP contribution in [-0.2, 0) is 26.0 Å². The van der Waals surface area contributed by atoms with Crippen molar-refractivity contribution in [1.82, 2.24) is 4.72 Å². The topological polar surface area (TPSA) is 98.5 Å². The number of hydrogen-bond acceptors (Lipinski definition) is 5. The lowest BCUT2D eigenvalue weighted by molar-refractivity contribution is -0.145. The molecular weight excluding hydrogens is 304 g/mol. The third-order valence-electron chi connectivity index (χ3n) is 3.08. The Morgan fingerprint density at radius 3 is 2.45 bits per heavy atom. The van der Waals surface area contributed by atoms with E-state index in [4.69, 9.17) is 10.5 Å². The smallest absolute Gasteiger partial charge is 0.324 e. The van der Waals surface area contributed by atoms with Gasteiger partial charge in [-0.25, -0.2) is 13.1 Å². The van der Waals surface area contributed by atoms with Crippen LogP contribution in [-0.4, -0.2) is 32.8 Å². The third-order valence-corrected chi connectivity index (χ3v) is 4.55. The fourth-order valence-corrected chi connectivity index (χ4v) is 3.32. The van der Waals surface area contributed by atoms with Crippen LogP contribution in [0.4, 0.5) is 5.69 Å². The van der Waals surface area contributed by atoms with E-state index in [1.54, 1.807) is 31.2 Å². The van der Waals surface area contributed by atoms with Gasteiger partial charge in [0.05, 0.1) is 12.4 Å². The molecule has 0 saturated carbocycles. The fourth-order valence-electron chi connectivity index (χ4n) is 1.92. The maximum absolute atomic E-state index is 12.0. The molecule has 0 unspecified atom stereocenters. The number of ether oxygens (including phenoxy) is 1. The number of carbonyl (C=O) groups excluding carboxylic acids is 1. The Morgan fingerprint density at radius 2 is 1.91 bits per heavy atom. The number of anilines is 1. The van der Waals surface area contributed by atoms with Gasteiger partial charge in [0, 0.05) is 5.69 Å². The molecule has 1 atom stereocenters. The van der Waals surface area contributed by atoms with E-state index < -0.39 is 22.0 Å². The normalized spacial score (nSPS) is 12.8. The van der Waals surface area contributed by atoms with Gasteiger partial charge in [-0.3, -0.25) is 4.79 Å². The average molecular weight is 328 g/mol. The number of hydrogen-bond donors (Lipinski definition) is 2. The maximum atomic E-state index is 12.0. The van der Waals surface area contributed by atoms with Crippen LogP contribution in [0.3, 0.4) is 0 Å². The van der Waals surface area contributed by atoms with Gasteiger partial charge in [-0.2, -0.15) is 0 Å². The molecule has 6 nitrogen and oxygen atoms in total. The summed E-state index contributed by atoms with van der Waals surface area (Å²) < 4.78 is 31.4. The lowest BCUT2D eigenvalue weighted by Gasteiger charge is -2.17. The third kappa shape index (κ3) is 6.44. The average Bonchev–Trinajstić information content (AvgIpc) is 2.47. The highest BCUT2D eigenvalue weighted by Gasteiger charge is 2.25. The molecule has 1 aromatic carbocycles. The van der Waals surface area contributed by atoms with Crippen molar-refractivity contribution < 1.29 is 17.9 Å². The molecule has 0 aromatic heterocycles. The van der Waals surface area contributed by atoms with Crippen LogP contribution < -0.4 is 10.5 Å². The van der Waals surface area contributed by atoms with Gasteiger partial charge in [0.25, 0.3) is 0 Å². The van der Waals surface area contributed by atoms with E-state index in [2.05, 4.69) is 4.72 Å². The highest BCUT2D eigenvalue weighted by Crippen LogP contribution is 2.10. The van der Waals surface area contributed by atoms with Crippen molar-refractivity contribution in [3.8, 4) is 0 Å². The molecule has 0 bridgehead atoms. The van der Waals surface area contributed by atoms with Crippen LogP contribution in [0.1, 0.15) is 32.3 Å². The van der Waals surface area contributed by atoms with Crippen LogP contribution in [0.2, 0.25) is 0 Å².